The molecule has 0 bridgehead atoms. The van der Waals surface area contributed by atoms with E-state index in [1.165, 1.54) is 4.31 Å². The van der Waals surface area contributed by atoms with Crippen molar-refractivity contribution in [3.63, 3.8) is 0 Å². The minimum atomic E-state index is -3.41. The molecule has 5 heteroatoms. The van der Waals surface area contributed by atoms with Crippen molar-refractivity contribution in [3.05, 3.63) is 59.7 Å². The molecule has 0 saturated carbocycles. The summed E-state index contributed by atoms with van der Waals surface area (Å²) in [6.45, 7) is 2.45. The van der Waals surface area contributed by atoms with Crippen LogP contribution in [0.25, 0.3) is 0 Å². The highest BCUT2D eigenvalue weighted by atomic mass is 32.2. The van der Waals surface area contributed by atoms with Crippen molar-refractivity contribution in [1.82, 2.24) is 4.31 Å². The fraction of sp³-hybridized carbons (Fsp3) is 0.250. The van der Waals surface area contributed by atoms with Crippen LogP contribution in [0.5, 0.6) is 5.75 Å². The van der Waals surface area contributed by atoms with Crippen LogP contribution in [0, 0.1) is 6.92 Å². The summed E-state index contributed by atoms with van der Waals surface area (Å²) >= 11 is 0. The first-order chi connectivity index (χ1) is 10.0. The second-order valence-electron chi connectivity index (χ2n) is 5.18. The second kappa shape index (κ2) is 5.16. The second-order valence-corrected chi connectivity index (χ2v) is 7.07. The van der Waals surface area contributed by atoms with Gasteiger partial charge in [0.1, 0.15) is 5.75 Å². The van der Waals surface area contributed by atoms with Gasteiger partial charge in [0.15, 0.2) is 0 Å². The van der Waals surface area contributed by atoms with E-state index < -0.39 is 10.0 Å². The van der Waals surface area contributed by atoms with E-state index in [2.05, 4.69) is 0 Å². The first-order valence-corrected chi connectivity index (χ1v) is 8.19. The van der Waals surface area contributed by atoms with Crippen molar-refractivity contribution in [2.24, 2.45) is 0 Å². The van der Waals surface area contributed by atoms with Gasteiger partial charge in [-0.1, -0.05) is 29.8 Å². The van der Waals surface area contributed by atoms with Crippen molar-refractivity contribution in [2.75, 3.05) is 13.7 Å². The lowest BCUT2D eigenvalue weighted by atomic mass is 10.1. The van der Waals surface area contributed by atoms with E-state index in [-0.39, 0.29) is 6.04 Å². The number of rotatable bonds is 4. The van der Waals surface area contributed by atoms with Crippen molar-refractivity contribution in [1.29, 1.82) is 0 Å². The van der Waals surface area contributed by atoms with Crippen LogP contribution in [-0.2, 0) is 10.0 Å². The van der Waals surface area contributed by atoms with Crippen LogP contribution in [0.15, 0.2) is 53.4 Å². The number of nitrogens with zero attached hydrogens (tertiary/aromatic N) is 1. The Bertz CT molecular complexity index is 753. The highest BCUT2D eigenvalue weighted by molar-refractivity contribution is 7.89. The SMILES string of the molecule is COc1cccc(C2CN2S(=O)(=O)c2ccc(C)cc2)c1. The van der Waals surface area contributed by atoms with E-state index >= 15 is 0 Å². The average Bonchev–Trinajstić information content (AvgIpc) is 3.29. The monoisotopic (exact) mass is 303 g/mol. The van der Waals surface area contributed by atoms with Gasteiger partial charge in [0, 0.05) is 6.54 Å². The smallest absolute Gasteiger partial charge is 0.243 e. The van der Waals surface area contributed by atoms with Crippen LogP contribution in [0.2, 0.25) is 0 Å². The number of hydrogen-bond acceptors (Lipinski definition) is 3. The quantitative estimate of drug-likeness (QED) is 0.816. The number of hydrogen-bond donors (Lipinski definition) is 0. The summed E-state index contributed by atoms with van der Waals surface area (Å²) in [4.78, 5) is 0.346. The van der Waals surface area contributed by atoms with Crippen LogP contribution in [0.3, 0.4) is 0 Å². The highest BCUT2D eigenvalue weighted by Gasteiger charge is 2.45. The molecule has 2 unspecified atom stereocenters. The van der Waals surface area contributed by atoms with Gasteiger partial charge in [-0.25, -0.2) is 8.42 Å². The normalized spacial score (nSPS) is 21.0. The van der Waals surface area contributed by atoms with Gasteiger partial charge in [0.05, 0.1) is 18.0 Å². The van der Waals surface area contributed by atoms with Gasteiger partial charge in [-0.3, -0.25) is 0 Å². The Morgan fingerprint density at radius 2 is 1.86 bits per heavy atom. The molecule has 0 aliphatic carbocycles. The molecule has 1 aliphatic rings. The van der Waals surface area contributed by atoms with Crippen LogP contribution >= 0.6 is 0 Å². The van der Waals surface area contributed by atoms with E-state index in [0.717, 1.165) is 16.9 Å². The van der Waals surface area contributed by atoms with E-state index in [1.54, 1.807) is 19.2 Å². The Kier molecular flexibility index (Phi) is 3.47. The van der Waals surface area contributed by atoms with Gasteiger partial charge < -0.3 is 4.74 Å². The lowest BCUT2D eigenvalue weighted by Gasteiger charge is -2.08. The molecule has 1 heterocycles. The predicted molar refractivity (Wildman–Crippen MR) is 80.8 cm³/mol. The molecule has 1 aliphatic heterocycles. The molecule has 4 nitrogen and oxygen atoms in total. The van der Waals surface area contributed by atoms with Gasteiger partial charge in [-0.2, -0.15) is 4.31 Å². The number of sulfonamides is 1. The molecule has 21 heavy (non-hydrogen) atoms. The van der Waals surface area contributed by atoms with E-state index in [0.29, 0.717) is 11.4 Å². The van der Waals surface area contributed by atoms with Crippen LogP contribution < -0.4 is 4.74 Å². The number of methoxy groups -OCH3 is 1. The zero-order chi connectivity index (χ0) is 15.0. The van der Waals surface area contributed by atoms with Gasteiger partial charge >= 0.3 is 0 Å². The van der Waals surface area contributed by atoms with E-state index in [1.807, 2.05) is 43.3 Å². The Morgan fingerprint density at radius 3 is 2.52 bits per heavy atom. The molecule has 2 aromatic carbocycles. The third-order valence-electron chi connectivity index (χ3n) is 3.67. The van der Waals surface area contributed by atoms with Gasteiger partial charge in [-0.05, 0) is 36.8 Å². The summed E-state index contributed by atoms with van der Waals surface area (Å²) in [6, 6.07) is 14.4. The van der Waals surface area contributed by atoms with Crippen LogP contribution in [-0.4, -0.2) is 26.4 Å². The molecule has 1 saturated heterocycles. The minimum Gasteiger partial charge on any atom is -0.497 e. The third kappa shape index (κ3) is 2.66. The summed E-state index contributed by atoms with van der Waals surface area (Å²) in [7, 11) is -1.80. The zero-order valence-electron chi connectivity index (χ0n) is 12.0. The van der Waals surface area contributed by atoms with Gasteiger partial charge in [0.25, 0.3) is 0 Å². The van der Waals surface area contributed by atoms with Crippen molar-refractivity contribution in [2.45, 2.75) is 17.9 Å². The summed E-state index contributed by atoms with van der Waals surface area (Å²) in [5, 5.41) is 0. The maximum atomic E-state index is 12.5. The Morgan fingerprint density at radius 1 is 1.14 bits per heavy atom. The molecular weight excluding hydrogens is 286 g/mol. The number of benzene rings is 2. The standard InChI is InChI=1S/C16H17NO3S/c1-12-6-8-15(9-7-12)21(18,19)17-11-16(17)13-4-3-5-14(10-13)20-2/h3-10,16H,11H2,1-2H3. The predicted octanol–water partition coefficient (Wildman–Crippen LogP) is 2.75. The molecule has 2 atom stereocenters. The lowest BCUT2D eigenvalue weighted by molar-refractivity contribution is 0.414. The topological polar surface area (TPSA) is 46.4 Å². The molecule has 0 N–H and O–H groups in total. The first-order valence-electron chi connectivity index (χ1n) is 6.75. The fourth-order valence-corrected chi connectivity index (χ4v) is 3.90. The van der Waals surface area contributed by atoms with Crippen LogP contribution in [0.4, 0.5) is 0 Å². The summed E-state index contributed by atoms with van der Waals surface area (Å²) in [6.07, 6.45) is 0. The molecule has 0 amide bonds. The maximum absolute atomic E-state index is 12.5. The fourth-order valence-electron chi connectivity index (χ4n) is 2.36. The Balaban J connectivity index is 1.84. The Hall–Kier alpha value is -1.85. The van der Waals surface area contributed by atoms with Gasteiger partial charge in [-0.15, -0.1) is 0 Å². The van der Waals surface area contributed by atoms with Crippen LogP contribution in [0.1, 0.15) is 17.2 Å². The van der Waals surface area contributed by atoms with Crippen molar-refractivity contribution in [3.8, 4) is 5.75 Å². The lowest BCUT2D eigenvalue weighted by Crippen LogP contribution is -2.12. The van der Waals surface area contributed by atoms with E-state index in [4.69, 9.17) is 4.74 Å². The molecule has 0 spiro atoms. The maximum Gasteiger partial charge on any atom is 0.243 e. The largest absolute Gasteiger partial charge is 0.497 e. The molecule has 0 aromatic heterocycles. The number of aryl methyl sites for hydroxylation is 1. The first kappa shape index (κ1) is 14.1. The van der Waals surface area contributed by atoms with Gasteiger partial charge in [0.2, 0.25) is 10.0 Å². The summed E-state index contributed by atoms with van der Waals surface area (Å²) < 4.78 is 31.8. The summed E-state index contributed by atoms with van der Waals surface area (Å²) in [5.74, 6) is 0.743. The molecular formula is C16H17NO3S. The van der Waals surface area contributed by atoms with Crippen molar-refractivity contribution < 1.29 is 13.2 Å². The van der Waals surface area contributed by atoms with E-state index in [9.17, 15) is 8.42 Å². The third-order valence-corrected chi connectivity index (χ3v) is 5.56. The molecule has 1 fully saturated rings. The molecule has 110 valence electrons. The number of ether oxygens (including phenoxy) is 1. The molecule has 2 aromatic rings. The average molecular weight is 303 g/mol. The van der Waals surface area contributed by atoms with Crippen molar-refractivity contribution >= 4 is 10.0 Å². The highest BCUT2D eigenvalue weighted by Crippen LogP contribution is 2.41. The Labute approximate surface area is 125 Å². The molecule has 0 radical (unpaired) electrons. The zero-order valence-corrected chi connectivity index (χ0v) is 12.8. The minimum absolute atomic E-state index is 0.0913. The summed E-state index contributed by atoms with van der Waals surface area (Å²) in [5.41, 5.74) is 2.01. The molecule has 3 rings (SSSR count).